The van der Waals surface area contributed by atoms with Gasteiger partial charge in [0, 0.05) is 0 Å². The predicted octanol–water partition coefficient (Wildman–Crippen LogP) is 1.40. The second kappa shape index (κ2) is 4.07. The molecule has 1 aromatic carbocycles. The van der Waals surface area contributed by atoms with Gasteiger partial charge in [-0.05, 0) is 31.2 Å². The molecule has 0 fully saturated rings. The van der Waals surface area contributed by atoms with E-state index in [0.29, 0.717) is 5.75 Å². The molecular formula is C9H10FO2. The van der Waals surface area contributed by atoms with E-state index in [9.17, 15) is 4.39 Å². The van der Waals surface area contributed by atoms with Crippen molar-refractivity contribution < 1.29 is 14.2 Å². The monoisotopic (exact) mass is 169 g/mol. The summed E-state index contributed by atoms with van der Waals surface area (Å²) in [5.41, 5.74) is 0. The van der Waals surface area contributed by atoms with Crippen LogP contribution >= 0.6 is 0 Å². The van der Waals surface area contributed by atoms with Crippen LogP contribution in [-0.4, -0.2) is 17.8 Å². The Kier molecular flexibility index (Phi) is 3.05. The molecule has 2 nitrogen and oxygen atoms in total. The zero-order valence-corrected chi connectivity index (χ0v) is 6.53. The fourth-order valence-corrected chi connectivity index (χ4v) is 0.723. The third-order valence-electron chi connectivity index (χ3n) is 1.26. The van der Waals surface area contributed by atoms with E-state index in [-0.39, 0.29) is 12.4 Å². The van der Waals surface area contributed by atoms with Gasteiger partial charge in [-0.2, -0.15) is 0 Å². The van der Waals surface area contributed by atoms with E-state index in [4.69, 9.17) is 9.84 Å². The van der Waals surface area contributed by atoms with Gasteiger partial charge in [-0.3, -0.25) is 0 Å². The quantitative estimate of drug-likeness (QED) is 0.741. The summed E-state index contributed by atoms with van der Waals surface area (Å²) in [5.74, 6) is 0.219. The second-order valence-electron chi connectivity index (χ2n) is 2.42. The molecule has 0 saturated carbocycles. The molecule has 1 unspecified atom stereocenters. The van der Waals surface area contributed by atoms with Gasteiger partial charge in [-0.25, -0.2) is 4.39 Å². The van der Waals surface area contributed by atoms with Crippen LogP contribution in [0.15, 0.2) is 24.3 Å². The summed E-state index contributed by atoms with van der Waals surface area (Å²) >= 11 is 0. The molecule has 12 heavy (non-hydrogen) atoms. The Morgan fingerprint density at radius 2 is 2.00 bits per heavy atom. The predicted molar refractivity (Wildman–Crippen MR) is 43.3 cm³/mol. The van der Waals surface area contributed by atoms with E-state index in [2.05, 4.69) is 6.92 Å². The van der Waals surface area contributed by atoms with Crippen molar-refractivity contribution in [2.24, 2.45) is 0 Å². The maximum Gasteiger partial charge on any atom is 0.123 e. The van der Waals surface area contributed by atoms with Gasteiger partial charge in [-0.1, -0.05) is 0 Å². The zero-order chi connectivity index (χ0) is 8.97. The Hall–Kier alpha value is -1.09. The van der Waals surface area contributed by atoms with E-state index in [1.807, 2.05) is 0 Å². The number of hydrogen-bond acceptors (Lipinski definition) is 2. The van der Waals surface area contributed by atoms with Crippen LogP contribution in [0.3, 0.4) is 0 Å². The van der Waals surface area contributed by atoms with Crippen LogP contribution in [0.25, 0.3) is 0 Å². The van der Waals surface area contributed by atoms with Crippen molar-refractivity contribution in [3.63, 3.8) is 0 Å². The van der Waals surface area contributed by atoms with Crippen molar-refractivity contribution in [2.75, 3.05) is 6.61 Å². The van der Waals surface area contributed by atoms with Crippen molar-refractivity contribution in [3.8, 4) is 5.75 Å². The summed E-state index contributed by atoms with van der Waals surface area (Å²) in [6.07, 6.45) is -0.755. The summed E-state index contributed by atoms with van der Waals surface area (Å²) in [4.78, 5) is 0. The SMILES string of the molecule is [CH2]C(O)COc1ccc(F)cc1. The van der Waals surface area contributed by atoms with Crippen molar-refractivity contribution in [2.45, 2.75) is 6.10 Å². The lowest BCUT2D eigenvalue weighted by molar-refractivity contribution is 0.142. The molecule has 1 N–H and O–H groups in total. The average molecular weight is 169 g/mol. The average Bonchev–Trinajstić information content (AvgIpc) is 2.03. The summed E-state index contributed by atoms with van der Waals surface area (Å²) in [6, 6.07) is 5.59. The zero-order valence-electron chi connectivity index (χ0n) is 6.53. The molecule has 0 bridgehead atoms. The first-order valence-electron chi connectivity index (χ1n) is 3.58. The Balaban J connectivity index is 2.48. The van der Waals surface area contributed by atoms with Gasteiger partial charge in [0.25, 0.3) is 0 Å². The molecule has 3 heteroatoms. The van der Waals surface area contributed by atoms with Crippen LogP contribution in [-0.2, 0) is 0 Å². The molecule has 0 saturated heterocycles. The highest BCUT2D eigenvalue weighted by molar-refractivity contribution is 5.22. The van der Waals surface area contributed by atoms with Crippen LogP contribution in [0, 0.1) is 12.7 Å². The molecule has 65 valence electrons. The normalized spacial score (nSPS) is 12.6. The van der Waals surface area contributed by atoms with Gasteiger partial charge in [0.05, 0.1) is 6.10 Å². The summed E-state index contributed by atoms with van der Waals surface area (Å²) in [6.45, 7) is 3.44. The summed E-state index contributed by atoms with van der Waals surface area (Å²) in [7, 11) is 0. The maximum absolute atomic E-state index is 12.4. The molecule has 0 amide bonds. The third-order valence-corrected chi connectivity index (χ3v) is 1.26. The van der Waals surface area contributed by atoms with Crippen molar-refractivity contribution in [3.05, 3.63) is 37.0 Å². The number of rotatable bonds is 3. The van der Waals surface area contributed by atoms with E-state index in [1.165, 1.54) is 24.3 Å². The first-order chi connectivity index (χ1) is 5.68. The topological polar surface area (TPSA) is 29.5 Å². The van der Waals surface area contributed by atoms with Crippen LogP contribution in [0.2, 0.25) is 0 Å². The van der Waals surface area contributed by atoms with Crippen LogP contribution in [0.4, 0.5) is 4.39 Å². The Bertz CT molecular complexity index is 231. The molecule has 1 aromatic rings. The van der Waals surface area contributed by atoms with Crippen LogP contribution in [0.5, 0.6) is 5.75 Å². The minimum atomic E-state index is -0.755. The van der Waals surface area contributed by atoms with Gasteiger partial charge in [0.2, 0.25) is 0 Å². The molecule has 0 aliphatic rings. The van der Waals surface area contributed by atoms with Gasteiger partial charge in [0.1, 0.15) is 18.2 Å². The first kappa shape index (κ1) is 9.00. The highest BCUT2D eigenvalue weighted by Crippen LogP contribution is 2.10. The third kappa shape index (κ3) is 2.88. The molecule has 1 atom stereocenters. The molecule has 0 heterocycles. The highest BCUT2D eigenvalue weighted by Gasteiger charge is 1.97. The lowest BCUT2D eigenvalue weighted by Gasteiger charge is -2.06. The number of aliphatic hydroxyl groups excluding tert-OH is 1. The fraction of sp³-hybridized carbons (Fsp3) is 0.222. The number of benzene rings is 1. The summed E-state index contributed by atoms with van der Waals surface area (Å²) < 4.78 is 17.4. The van der Waals surface area contributed by atoms with Gasteiger partial charge in [-0.15, -0.1) is 0 Å². The molecule has 1 radical (unpaired) electrons. The minimum absolute atomic E-state index is 0.117. The molecule has 1 rings (SSSR count). The Morgan fingerprint density at radius 1 is 1.42 bits per heavy atom. The minimum Gasteiger partial charge on any atom is -0.491 e. The van der Waals surface area contributed by atoms with E-state index in [0.717, 1.165) is 0 Å². The maximum atomic E-state index is 12.4. The Morgan fingerprint density at radius 3 is 2.50 bits per heavy atom. The standard InChI is InChI=1S/C9H10FO2/c1-7(11)6-12-9-4-2-8(10)3-5-9/h2-5,7,11H,1,6H2. The van der Waals surface area contributed by atoms with E-state index < -0.39 is 6.10 Å². The van der Waals surface area contributed by atoms with Gasteiger partial charge < -0.3 is 9.84 Å². The second-order valence-corrected chi connectivity index (χ2v) is 2.42. The fourth-order valence-electron chi connectivity index (χ4n) is 0.723. The summed E-state index contributed by atoms with van der Waals surface area (Å²) in [5, 5.41) is 8.76. The molecular weight excluding hydrogens is 159 g/mol. The number of hydrogen-bond donors (Lipinski definition) is 1. The lowest BCUT2D eigenvalue weighted by atomic mass is 10.3. The largest absolute Gasteiger partial charge is 0.491 e. The Labute approximate surface area is 70.6 Å². The number of halogens is 1. The van der Waals surface area contributed by atoms with E-state index >= 15 is 0 Å². The molecule has 0 aromatic heterocycles. The molecule has 0 aliphatic carbocycles. The van der Waals surface area contributed by atoms with Crippen molar-refractivity contribution in [1.29, 1.82) is 0 Å². The number of ether oxygens (including phenoxy) is 1. The van der Waals surface area contributed by atoms with Gasteiger partial charge >= 0.3 is 0 Å². The van der Waals surface area contributed by atoms with Crippen molar-refractivity contribution >= 4 is 0 Å². The molecule has 0 aliphatic heterocycles. The number of aliphatic hydroxyl groups is 1. The molecule has 0 spiro atoms. The van der Waals surface area contributed by atoms with Crippen molar-refractivity contribution in [1.82, 2.24) is 0 Å². The van der Waals surface area contributed by atoms with Gasteiger partial charge in [0.15, 0.2) is 0 Å². The van der Waals surface area contributed by atoms with Crippen LogP contribution < -0.4 is 4.74 Å². The van der Waals surface area contributed by atoms with E-state index in [1.54, 1.807) is 0 Å². The highest BCUT2D eigenvalue weighted by atomic mass is 19.1. The smallest absolute Gasteiger partial charge is 0.123 e. The lowest BCUT2D eigenvalue weighted by Crippen LogP contribution is -2.12. The van der Waals surface area contributed by atoms with Crippen LogP contribution in [0.1, 0.15) is 0 Å². The first-order valence-corrected chi connectivity index (χ1v) is 3.58.